The predicted molar refractivity (Wildman–Crippen MR) is 74.2 cm³/mol. The minimum atomic E-state index is -1.41. The van der Waals surface area contributed by atoms with Crippen molar-refractivity contribution in [2.24, 2.45) is 0 Å². The maximum absolute atomic E-state index is 13.7. The molecule has 22 heavy (non-hydrogen) atoms. The van der Waals surface area contributed by atoms with E-state index >= 15 is 0 Å². The average Bonchev–Trinajstić information content (AvgIpc) is 2.49. The van der Waals surface area contributed by atoms with Crippen molar-refractivity contribution in [3.05, 3.63) is 35.4 Å². The largest absolute Gasteiger partial charge is 0.453 e. The van der Waals surface area contributed by atoms with Gasteiger partial charge in [0.25, 0.3) is 5.91 Å². The molecule has 1 unspecified atom stereocenters. The zero-order valence-electron chi connectivity index (χ0n) is 12.6. The van der Waals surface area contributed by atoms with E-state index in [2.05, 4.69) is 10.1 Å². The summed E-state index contributed by atoms with van der Waals surface area (Å²) in [6.45, 7) is 0.259. The van der Waals surface area contributed by atoms with Crippen LogP contribution in [0.4, 0.5) is 13.6 Å². The van der Waals surface area contributed by atoms with Crippen LogP contribution in [0.3, 0.4) is 0 Å². The summed E-state index contributed by atoms with van der Waals surface area (Å²) >= 11 is 0. The summed E-state index contributed by atoms with van der Waals surface area (Å²) in [5.41, 5.74) is -0.455. The second-order valence-electron chi connectivity index (χ2n) is 4.43. The van der Waals surface area contributed by atoms with Crippen molar-refractivity contribution in [2.45, 2.75) is 6.10 Å². The third kappa shape index (κ3) is 4.39. The van der Waals surface area contributed by atoms with Gasteiger partial charge >= 0.3 is 6.09 Å². The van der Waals surface area contributed by atoms with Crippen LogP contribution in [0.2, 0.25) is 0 Å². The number of nitrogens with zero attached hydrogens (tertiary/aromatic N) is 1. The van der Waals surface area contributed by atoms with Crippen molar-refractivity contribution in [1.82, 2.24) is 10.2 Å². The van der Waals surface area contributed by atoms with Crippen molar-refractivity contribution < 1.29 is 27.8 Å². The third-order valence-corrected chi connectivity index (χ3v) is 2.97. The van der Waals surface area contributed by atoms with Gasteiger partial charge in [-0.1, -0.05) is 6.07 Å². The molecule has 0 saturated heterocycles. The van der Waals surface area contributed by atoms with Gasteiger partial charge in [-0.25, -0.2) is 13.6 Å². The van der Waals surface area contributed by atoms with E-state index in [9.17, 15) is 18.4 Å². The molecule has 0 aliphatic carbocycles. The molecule has 122 valence electrons. The summed E-state index contributed by atoms with van der Waals surface area (Å²) in [6, 6.07) is 3.29. The SMILES string of the molecule is COC(=O)N(C)CCNC(=O)C(OC)c1c(F)cccc1F. The van der Waals surface area contributed by atoms with E-state index in [-0.39, 0.29) is 13.1 Å². The van der Waals surface area contributed by atoms with E-state index in [1.165, 1.54) is 32.2 Å². The van der Waals surface area contributed by atoms with Gasteiger partial charge in [-0.2, -0.15) is 0 Å². The molecule has 1 rings (SSSR count). The van der Waals surface area contributed by atoms with Crippen LogP contribution in [0.1, 0.15) is 11.7 Å². The second kappa shape index (κ2) is 8.28. The van der Waals surface area contributed by atoms with Crippen molar-refractivity contribution in [3.63, 3.8) is 0 Å². The lowest BCUT2D eigenvalue weighted by atomic mass is 10.1. The zero-order valence-corrected chi connectivity index (χ0v) is 12.6. The number of carbonyl (C=O) groups excluding carboxylic acids is 2. The van der Waals surface area contributed by atoms with Gasteiger partial charge in [-0.3, -0.25) is 4.79 Å². The second-order valence-corrected chi connectivity index (χ2v) is 4.43. The minimum absolute atomic E-state index is 0.0837. The highest BCUT2D eigenvalue weighted by atomic mass is 19.1. The molecule has 0 aromatic heterocycles. The maximum Gasteiger partial charge on any atom is 0.409 e. The van der Waals surface area contributed by atoms with E-state index in [0.29, 0.717) is 0 Å². The molecular formula is C14H18F2N2O4. The monoisotopic (exact) mass is 316 g/mol. The molecule has 0 heterocycles. The number of likely N-dealkylation sites (N-methyl/N-ethyl adjacent to an activating group) is 1. The van der Waals surface area contributed by atoms with Crippen molar-refractivity contribution in [3.8, 4) is 0 Å². The molecular weight excluding hydrogens is 298 g/mol. The quantitative estimate of drug-likeness (QED) is 0.863. The van der Waals surface area contributed by atoms with Crippen molar-refractivity contribution in [2.75, 3.05) is 34.4 Å². The Morgan fingerprint density at radius 2 is 1.86 bits per heavy atom. The van der Waals surface area contributed by atoms with Gasteiger partial charge in [0.15, 0.2) is 6.10 Å². The number of hydrogen-bond acceptors (Lipinski definition) is 4. The van der Waals surface area contributed by atoms with Gasteiger partial charge in [0.2, 0.25) is 0 Å². The lowest BCUT2D eigenvalue weighted by Crippen LogP contribution is -2.38. The summed E-state index contributed by atoms with van der Waals surface area (Å²) in [6.07, 6.45) is -1.97. The van der Waals surface area contributed by atoms with E-state index in [1.807, 2.05) is 0 Å². The minimum Gasteiger partial charge on any atom is -0.453 e. The topological polar surface area (TPSA) is 67.9 Å². The van der Waals surface area contributed by atoms with Gasteiger partial charge in [0.1, 0.15) is 11.6 Å². The van der Waals surface area contributed by atoms with Gasteiger partial charge in [0, 0.05) is 27.2 Å². The number of methoxy groups -OCH3 is 2. The third-order valence-electron chi connectivity index (χ3n) is 2.97. The van der Waals surface area contributed by atoms with Gasteiger partial charge in [-0.05, 0) is 12.1 Å². The predicted octanol–water partition coefficient (Wildman–Crippen LogP) is 1.47. The van der Waals surface area contributed by atoms with Crippen LogP contribution in [0, 0.1) is 11.6 Å². The highest BCUT2D eigenvalue weighted by Gasteiger charge is 2.26. The zero-order chi connectivity index (χ0) is 16.7. The first-order valence-electron chi connectivity index (χ1n) is 6.45. The Labute approximate surface area is 127 Å². The molecule has 0 fully saturated rings. The molecule has 1 aromatic carbocycles. The number of rotatable bonds is 6. The van der Waals surface area contributed by atoms with Crippen LogP contribution in [0.5, 0.6) is 0 Å². The van der Waals surface area contributed by atoms with Crippen LogP contribution in [-0.2, 0) is 14.3 Å². The first kappa shape index (κ1) is 17.8. The molecule has 0 spiro atoms. The molecule has 6 nitrogen and oxygen atoms in total. The fourth-order valence-electron chi connectivity index (χ4n) is 1.80. The average molecular weight is 316 g/mol. The van der Waals surface area contributed by atoms with E-state index in [1.54, 1.807) is 0 Å². The maximum atomic E-state index is 13.7. The van der Waals surface area contributed by atoms with Crippen LogP contribution in [0.15, 0.2) is 18.2 Å². The Morgan fingerprint density at radius 3 is 2.36 bits per heavy atom. The molecule has 0 saturated carbocycles. The molecule has 0 aliphatic rings. The Morgan fingerprint density at radius 1 is 1.27 bits per heavy atom. The van der Waals surface area contributed by atoms with Crippen LogP contribution < -0.4 is 5.32 Å². The van der Waals surface area contributed by atoms with Crippen molar-refractivity contribution >= 4 is 12.0 Å². The summed E-state index contributed by atoms with van der Waals surface area (Å²) < 4.78 is 36.7. The standard InChI is InChI=1S/C14H18F2N2O4/c1-18(14(20)22-3)8-7-17-13(19)12(21-2)11-9(15)5-4-6-10(11)16/h4-6,12H,7-8H2,1-3H3,(H,17,19). The highest BCUT2D eigenvalue weighted by molar-refractivity contribution is 5.82. The van der Waals surface area contributed by atoms with E-state index in [0.717, 1.165) is 12.1 Å². The molecule has 2 amide bonds. The lowest BCUT2D eigenvalue weighted by Gasteiger charge is -2.19. The van der Waals surface area contributed by atoms with Gasteiger partial charge in [0.05, 0.1) is 12.7 Å². The molecule has 8 heteroatoms. The Hall–Kier alpha value is -2.22. The smallest absolute Gasteiger partial charge is 0.409 e. The van der Waals surface area contributed by atoms with Gasteiger partial charge in [-0.15, -0.1) is 0 Å². The highest BCUT2D eigenvalue weighted by Crippen LogP contribution is 2.23. The fraction of sp³-hybridized carbons (Fsp3) is 0.429. The lowest BCUT2D eigenvalue weighted by molar-refractivity contribution is -0.131. The molecule has 0 aliphatic heterocycles. The van der Waals surface area contributed by atoms with E-state index < -0.39 is 35.3 Å². The number of amides is 2. The van der Waals surface area contributed by atoms with Crippen LogP contribution in [0.25, 0.3) is 0 Å². The van der Waals surface area contributed by atoms with Crippen LogP contribution >= 0.6 is 0 Å². The Bertz CT molecular complexity index is 519. The van der Waals surface area contributed by atoms with Crippen molar-refractivity contribution in [1.29, 1.82) is 0 Å². The summed E-state index contributed by atoms with van der Waals surface area (Å²) in [5.74, 6) is -2.44. The number of hydrogen-bond donors (Lipinski definition) is 1. The number of halogens is 2. The van der Waals surface area contributed by atoms with Crippen LogP contribution in [-0.4, -0.2) is 51.3 Å². The molecule has 1 N–H and O–H groups in total. The Kier molecular flexibility index (Phi) is 6.71. The number of carbonyl (C=O) groups is 2. The molecule has 1 atom stereocenters. The number of ether oxygens (including phenoxy) is 2. The molecule has 1 aromatic rings. The summed E-state index contributed by atoms with van der Waals surface area (Å²) in [7, 11) is 3.90. The molecule has 0 radical (unpaired) electrons. The fourth-order valence-corrected chi connectivity index (χ4v) is 1.80. The number of benzene rings is 1. The first-order chi connectivity index (χ1) is 10.4. The summed E-state index contributed by atoms with van der Waals surface area (Å²) in [4.78, 5) is 24.4. The van der Waals surface area contributed by atoms with E-state index in [4.69, 9.17) is 4.74 Å². The summed E-state index contributed by atoms with van der Waals surface area (Å²) in [5, 5.41) is 2.45. The molecule has 0 bridgehead atoms. The van der Waals surface area contributed by atoms with Gasteiger partial charge < -0.3 is 19.7 Å². The number of nitrogens with one attached hydrogen (secondary N) is 1. The first-order valence-corrected chi connectivity index (χ1v) is 6.45. The Balaban J connectivity index is 2.68. The normalized spacial score (nSPS) is 11.7.